The lowest BCUT2D eigenvalue weighted by Crippen LogP contribution is -2.37. The van der Waals surface area contributed by atoms with Gasteiger partial charge < -0.3 is 27.9 Å². The van der Waals surface area contributed by atoms with Gasteiger partial charge in [-0.1, -0.05) is 241 Å². The van der Waals surface area contributed by atoms with Crippen LogP contribution in [-0.4, -0.2) is 70.0 Å². The molecule has 10 heteroatoms. The van der Waals surface area contributed by atoms with Gasteiger partial charge in [0.2, 0.25) is 0 Å². The van der Waals surface area contributed by atoms with Gasteiger partial charge in [-0.2, -0.15) is 0 Å². The van der Waals surface area contributed by atoms with Gasteiger partial charge in [0.15, 0.2) is 6.10 Å². The van der Waals surface area contributed by atoms with Crippen LogP contribution >= 0.6 is 7.82 Å². The summed E-state index contributed by atoms with van der Waals surface area (Å²) in [5, 5.41) is 0. The highest BCUT2D eigenvalue weighted by atomic mass is 31.2. The highest BCUT2D eigenvalue weighted by Crippen LogP contribution is 2.38. The predicted molar refractivity (Wildman–Crippen MR) is 350 cm³/mol. The van der Waals surface area contributed by atoms with E-state index >= 15 is 0 Å². The number of hydrogen-bond donors (Lipinski definition) is 0. The van der Waals surface area contributed by atoms with Crippen molar-refractivity contribution >= 4 is 19.8 Å². The van der Waals surface area contributed by atoms with Crippen molar-refractivity contribution in [2.75, 3.05) is 47.5 Å². The molecule has 0 aromatic heterocycles. The Morgan fingerprint density at radius 2 is 0.659 bits per heavy atom. The average Bonchev–Trinajstić information content (AvgIpc) is 3.46. The molecule has 2 unspecified atom stereocenters. The number of likely N-dealkylation sites (N-methyl/N-ethyl adjacent to an activating group) is 1. The summed E-state index contributed by atoms with van der Waals surface area (Å²) in [4.78, 5) is 37.9. The van der Waals surface area contributed by atoms with E-state index in [1.54, 1.807) is 0 Å². The Balaban J connectivity index is 4.20. The maximum Gasteiger partial charge on any atom is 0.306 e. The lowest BCUT2D eigenvalue weighted by atomic mass is 10.1. The van der Waals surface area contributed by atoms with E-state index in [-0.39, 0.29) is 26.1 Å². The fourth-order valence-electron chi connectivity index (χ4n) is 7.65. The summed E-state index contributed by atoms with van der Waals surface area (Å²) < 4.78 is 34.1. The number of carbonyl (C=O) groups is 2. The van der Waals surface area contributed by atoms with Crippen molar-refractivity contribution in [3.05, 3.63) is 182 Å². The molecule has 0 bridgehead atoms. The van der Waals surface area contributed by atoms with Crippen molar-refractivity contribution < 1.29 is 42.1 Å². The van der Waals surface area contributed by atoms with Crippen LogP contribution in [0, 0.1) is 0 Å². The van der Waals surface area contributed by atoms with Crippen molar-refractivity contribution in [3.63, 3.8) is 0 Å². The number of nitrogens with zero attached hydrogens (tertiary/aromatic N) is 1. The third-order valence-electron chi connectivity index (χ3n) is 12.4. The van der Waals surface area contributed by atoms with Gasteiger partial charge in [0.25, 0.3) is 7.82 Å². The number of rotatable bonds is 55. The highest BCUT2D eigenvalue weighted by molar-refractivity contribution is 7.45. The number of esters is 2. The second kappa shape index (κ2) is 60.7. The fourth-order valence-corrected chi connectivity index (χ4v) is 8.38. The summed E-state index contributed by atoms with van der Waals surface area (Å²) >= 11 is 0. The van der Waals surface area contributed by atoms with Crippen LogP contribution < -0.4 is 4.89 Å². The first kappa shape index (κ1) is 77.1. The van der Waals surface area contributed by atoms with E-state index in [1.165, 1.54) is 25.7 Å². The summed E-state index contributed by atoms with van der Waals surface area (Å²) in [7, 11) is 1.11. The molecule has 0 amide bonds. The molecule has 2 atom stereocenters. The normalized spacial score (nSPS) is 14.5. The Kier molecular flexibility index (Phi) is 57.1. The molecule has 0 saturated carbocycles. The van der Waals surface area contributed by atoms with Gasteiger partial charge in [0.05, 0.1) is 27.7 Å². The molecular formula is C72H114NO8P. The van der Waals surface area contributed by atoms with Crippen molar-refractivity contribution in [3.8, 4) is 0 Å². The van der Waals surface area contributed by atoms with Crippen molar-refractivity contribution in [1.29, 1.82) is 0 Å². The van der Waals surface area contributed by atoms with E-state index in [0.29, 0.717) is 23.9 Å². The van der Waals surface area contributed by atoms with Gasteiger partial charge in [-0.3, -0.25) is 14.2 Å². The van der Waals surface area contributed by atoms with Gasteiger partial charge in [-0.25, -0.2) is 0 Å². The zero-order chi connectivity index (χ0) is 59.8. The Bertz CT molecular complexity index is 2030. The number of phosphoric acid groups is 1. The largest absolute Gasteiger partial charge is 0.756 e. The third-order valence-corrected chi connectivity index (χ3v) is 13.4. The Morgan fingerprint density at radius 1 is 0.378 bits per heavy atom. The van der Waals surface area contributed by atoms with Crippen LogP contribution in [0.3, 0.4) is 0 Å². The first-order valence-corrected chi connectivity index (χ1v) is 33.0. The summed E-state index contributed by atoms with van der Waals surface area (Å²) in [5.74, 6) is -0.896. The van der Waals surface area contributed by atoms with Gasteiger partial charge in [-0.05, 0) is 135 Å². The molecule has 0 aromatic rings. The first-order valence-electron chi connectivity index (χ1n) is 31.5. The molecule has 0 saturated heterocycles. The van der Waals surface area contributed by atoms with E-state index in [4.69, 9.17) is 18.5 Å². The third kappa shape index (κ3) is 64.3. The number of carbonyl (C=O) groups excluding carboxylic acids is 2. The quantitative estimate of drug-likeness (QED) is 0.0195. The fraction of sp³-hybridized carbons (Fsp3) is 0.556. The van der Waals surface area contributed by atoms with Crippen LogP contribution in [0.5, 0.6) is 0 Å². The van der Waals surface area contributed by atoms with Gasteiger partial charge in [-0.15, -0.1) is 0 Å². The molecule has 460 valence electrons. The van der Waals surface area contributed by atoms with Crippen molar-refractivity contribution in [1.82, 2.24) is 0 Å². The van der Waals surface area contributed by atoms with Crippen LogP contribution in [0.25, 0.3) is 0 Å². The maximum atomic E-state index is 12.8. The average molecular weight is 1150 g/mol. The van der Waals surface area contributed by atoms with E-state index in [2.05, 4.69) is 196 Å². The van der Waals surface area contributed by atoms with Crippen LogP contribution in [0.1, 0.15) is 206 Å². The molecule has 0 aromatic carbocycles. The molecule has 0 rings (SSSR count). The molecule has 0 radical (unpaired) electrons. The van der Waals surface area contributed by atoms with Gasteiger partial charge in [0, 0.05) is 12.8 Å². The number of hydrogen-bond acceptors (Lipinski definition) is 8. The number of phosphoric ester groups is 1. The molecule has 0 spiro atoms. The molecule has 0 heterocycles. The molecule has 0 N–H and O–H groups in total. The number of ether oxygens (including phenoxy) is 2. The zero-order valence-electron chi connectivity index (χ0n) is 52.1. The predicted octanol–water partition coefficient (Wildman–Crippen LogP) is 19.7. The summed E-state index contributed by atoms with van der Waals surface area (Å²) in [6, 6.07) is 0. The summed E-state index contributed by atoms with van der Waals surface area (Å²) in [5.41, 5.74) is 0. The summed E-state index contributed by atoms with van der Waals surface area (Å²) in [6.45, 7) is 3.93. The van der Waals surface area contributed by atoms with Crippen molar-refractivity contribution in [2.24, 2.45) is 0 Å². The van der Waals surface area contributed by atoms with E-state index < -0.39 is 32.5 Å². The second-order valence-corrected chi connectivity index (χ2v) is 22.7. The smallest absolute Gasteiger partial charge is 0.306 e. The molecule has 9 nitrogen and oxygen atoms in total. The molecule has 0 fully saturated rings. The lowest BCUT2D eigenvalue weighted by molar-refractivity contribution is -0.870. The zero-order valence-corrected chi connectivity index (χ0v) is 53.0. The molecule has 0 aliphatic carbocycles. The molecule has 0 aliphatic heterocycles. The van der Waals surface area contributed by atoms with Gasteiger partial charge >= 0.3 is 11.9 Å². The van der Waals surface area contributed by atoms with Crippen LogP contribution in [0.2, 0.25) is 0 Å². The van der Waals surface area contributed by atoms with Gasteiger partial charge in [0.1, 0.15) is 19.8 Å². The second-order valence-electron chi connectivity index (χ2n) is 21.3. The minimum Gasteiger partial charge on any atom is -0.756 e. The topological polar surface area (TPSA) is 111 Å². The number of quaternary nitrogens is 1. The Hall–Kier alpha value is -4.89. The SMILES string of the molecule is CC/C=C\C/C=C\C/C=C\C/C=C\C/C=C\C/C=C\C/C=C\C/C=C\C/C=C\C/C=C\CCCCCCCCCCC(=O)OC(COC(=O)CCCCC/C=C\C/C=C\C/C=C\C/C=C\C/C=C\CC)COP(=O)([O-])OCC[N+](C)(C)C. The van der Waals surface area contributed by atoms with Crippen LogP contribution in [0.4, 0.5) is 0 Å². The van der Waals surface area contributed by atoms with Crippen LogP contribution in [-0.2, 0) is 32.7 Å². The van der Waals surface area contributed by atoms with Crippen molar-refractivity contribution in [2.45, 2.75) is 213 Å². The minimum absolute atomic E-state index is 0.0487. The maximum absolute atomic E-state index is 12.8. The van der Waals surface area contributed by atoms with E-state index in [9.17, 15) is 19.0 Å². The lowest BCUT2D eigenvalue weighted by Gasteiger charge is -2.28. The highest BCUT2D eigenvalue weighted by Gasteiger charge is 2.21. The number of unbranched alkanes of at least 4 members (excludes halogenated alkanes) is 11. The Labute approximate surface area is 501 Å². The summed E-state index contributed by atoms with van der Waals surface area (Å²) in [6.07, 6.45) is 93.8. The standard InChI is InChI=1S/C72H114NO8P/c1-6-8-10-12-14-16-18-20-22-24-26-27-28-29-30-31-32-33-34-35-36-37-38-39-40-41-42-43-44-45-47-49-51-53-55-57-59-61-63-65-72(75)81-70(69-80-82(76,77)79-67-66-73(3,4)5)68-78-71(74)64-62-60-58-56-54-52-50-48-46-25-23-21-19-17-15-13-11-9-7-2/h8-11,14-17,20-23,26-27,29-30,32-33,35-36,38-39,41-42,44-46,48,52,54,70H,6-7,12-13,18-19,24-25,28,31,34,37,40,43,47,49-51,53,55-69H2,1-5H3/b10-8-,11-9-,16-14-,17-15-,22-20-,23-21-,27-26-,30-29-,33-32-,36-35-,39-38-,42-41-,45-44-,48-46-,54-52-. The first-order chi connectivity index (χ1) is 40.0. The van der Waals surface area contributed by atoms with Crippen LogP contribution in [0.15, 0.2) is 182 Å². The Morgan fingerprint density at radius 3 is 0.988 bits per heavy atom. The van der Waals surface area contributed by atoms with E-state index in [1.807, 2.05) is 21.1 Å². The monoisotopic (exact) mass is 1150 g/mol. The molecule has 0 aliphatic rings. The number of allylic oxidation sites excluding steroid dienone is 30. The minimum atomic E-state index is -4.66. The molecule has 82 heavy (non-hydrogen) atoms. The van der Waals surface area contributed by atoms with E-state index in [0.717, 1.165) is 141 Å². The molecular weight excluding hydrogens is 1040 g/mol.